The third-order valence-electron chi connectivity index (χ3n) is 10.6. The Morgan fingerprint density at radius 1 is 0.914 bits per heavy atom. The number of nitrogens with zero attached hydrogens (tertiary/aromatic N) is 5. The Bertz CT molecular complexity index is 919. The van der Waals surface area contributed by atoms with Crippen LogP contribution >= 0.6 is 11.8 Å². The molecular formula is C28H43N5OS. The van der Waals surface area contributed by atoms with Crippen molar-refractivity contribution < 1.29 is 4.79 Å². The van der Waals surface area contributed by atoms with E-state index in [1.165, 1.54) is 69.5 Å². The first-order valence-electron chi connectivity index (χ1n) is 14.6. The van der Waals surface area contributed by atoms with Crippen LogP contribution in [0.15, 0.2) is 0 Å². The standard InChI is InChI=1S/C28H43N5OS/c1-2-33-25-4-3-23(18-24(25)26(29-33)28(34)32-9-11-35-12-10-32)30-5-7-31(8-6-30)27-21-14-19-13-20(16-21)17-22(27)15-19/h19-23,27H,2-18H2,1H3/t19?,20?,21?,22?,23-,27?/m1/s1. The fraction of sp³-hybridized carbons (Fsp3) is 0.857. The first-order chi connectivity index (χ1) is 17.2. The molecule has 1 aromatic heterocycles. The highest BCUT2D eigenvalue weighted by atomic mass is 32.2. The molecule has 192 valence electrons. The van der Waals surface area contributed by atoms with Crippen LogP contribution in [0.3, 0.4) is 0 Å². The normalized spacial score (nSPS) is 37.6. The first-order valence-corrected chi connectivity index (χ1v) is 15.8. The van der Waals surface area contributed by atoms with Crippen LogP contribution in [0.25, 0.3) is 0 Å². The van der Waals surface area contributed by atoms with E-state index in [1.54, 1.807) is 6.42 Å². The minimum atomic E-state index is 0.182. The number of aryl methyl sites for hydroxylation is 1. The number of thioether (sulfide) groups is 1. The third kappa shape index (κ3) is 4.08. The molecule has 2 saturated heterocycles. The molecule has 35 heavy (non-hydrogen) atoms. The Labute approximate surface area is 215 Å². The molecule has 1 aromatic rings. The maximum absolute atomic E-state index is 13.4. The number of piperazine rings is 1. The Balaban J connectivity index is 1.03. The van der Waals surface area contributed by atoms with Crippen molar-refractivity contribution in [2.75, 3.05) is 50.8 Å². The molecule has 2 aliphatic heterocycles. The molecule has 7 aliphatic rings. The quantitative estimate of drug-likeness (QED) is 0.638. The van der Waals surface area contributed by atoms with Crippen LogP contribution in [0.2, 0.25) is 0 Å². The summed E-state index contributed by atoms with van der Waals surface area (Å²) in [6.07, 6.45) is 10.9. The van der Waals surface area contributed by atoms with Crippen molar-refractivity contribution in [3.8, 4) is 0 Å². The van der Waals surface area contributed by atoms with E-state index in [-0.39, 0.29) is 5.91 Å². The third-order valence-corrected chi connectivity index (χ3v) is 11.5. The Morgan fingerprint density at radius 2 is 1.57 bits per heavy atom. The van der Waals surface area contributed by atoms with Crippen molar-refractivity contribution >= 4 is 17.7 Å². The monoisotopic (exact) mass is 497 g/mol. The second-order valence-corrected chi connectivity index (χ2v) is 13.6. The van der Waals surface area contributed by atoms with Crippen molar-refractivity contribution in [3.05, 3.63) is 17.0 Å². The minimum absolute atomic E-state index is 0.182. The van der Waals surface area contributed by atoms with E-state index >= 15 is 0 Å². The Hall–Kier alpha value is -1.05. The second-order valence-electron chi connectivity index (χ2n) is 12.4. The van der Waals surface area contributed by atoms with Gasteiger partial charge in [-0.1, -0.05) is 0 Å². The van der Waals surface area contributed by atoms with E-state index in [4.69, 9.17) is 5.10 Å². The number of fused-ring (bicyclic) bond motifs is 1. The van der Waals surface area contributed by atoms with E-state index in [0.29, 0.717) is 6.04 Å². The molecule has 5 aliphatic carbocycles. The van der Waals surface area contributed by atoms with Gasteiger partial charge in [0.15, 0.2) is 5.69 Å². The maximum atomic E-state index is 13.4. The predicted octanol–water partition coefficient (Wildman–Crippen LogP) is 3.39. The lowest BCUT2D eigenvalue weighted by molar-refractivity contribution is -0.0794. The van der Waals surface area contributed by atoms with E-state index in [1.807, 2.05) is 16.7 Å². The summed E-state index contributed by atoms with van der Waals surface area (Å²) in [5, 5.41) is 4.87. The van der Waals surface area contributed by atoms with Crippen LogP contribution in [-0.4, -0.2) is 93.2 Å². The van der Waals surface area contributed by atoms with Gasteiger partial charge in [0.05, 0.1) is 0 Å². The Kier molecular flexibility index (Phi) is 6.18. The van der Waals surface area contributed by atoms with Gasteiger partial charge in [-0.25, -0.2) is 0 Å². The van der Waals surface area contributed by atoms with Gasteiger partial charge in [0.25, 0.3) is 5.91 Å². The molecule has 0 spiro atoms. The van der Waals surface area contributed by atoms with E-state index in [0.717, 1.165) is 79.4 Å². The Morgan fingerprint density at radius 3 is 2.23 bits per heavy atom. The molecule has 0 radical (unpaired) electrons. The largest absolute Gasteiger partial charge is 0.336 e. The highest BCUT2D eigenvalue weighted by Gasteiger charge is 2.50. The fourth-order valence-corrected chi connectivity index (χ4v) is 10.1. The van der Waals surface area contributed by atoms with Gasteiger partial charge in [0.1, 0.15) is 0 Å². The van der Waals surface area contributed by atoms with Crippen molar-refractivity contribution in [1.82, 2.24) is 24.5 Å². The first kappa shape index (κ1) is 23.1. The van der Waals surface area contributed by atoms with Gasteiger partial charge in [0, 0.05) is 80.7 Å². The summed E-state index contributed by atoms with van der Waals surface area (Å²) in [6.45, 7) is 9.67. The van der Waals surface area contributed by atoms with Gasteiger partial charge >= 0.3 is 0 Å². The van der Waals surface area contributed by atoms with Crippen LogP contribution in [0.1, 0.15) is 67.2 Å². The van der Waals surface area contributed by atoms with E-state index in [2.05, 4.69) is 21.4 Å². The number of amides is 1. The lowest BCUT2D eigenvalue weighted by Gasteiger charge is -2.58. The van der Waals surface area contributed by atoms with Crippen molar-refractivity contribution in [2.24, 2.45) is 23.7 Å². The van der Waals surface area contributed by atoms with Crippen molar-refractivity contribution in [1.29, 1.82) is 0 Å². The molecule has 0 aromatic carbocycles. The topological polar surface area (TPSA) is 44.6 Å². The zero-order chi connectivity index (χ0) is 23.5. The van der Waals surface area contributed by atoms with Crippen LogP contribution in [0.5, 0.6) is 0 Å². The van der Waals surface area contributed by atoms with Gasteiger partial charge in [-0.05, 0) is 82.0 Å². The number of hydrogen-bond donors (Lipinski definition) is 0. The molecule has 3 heterocycles. The smallest absolute Gasteiger partial charge is 0.274 e. The van der Waals surface area contributed by atoms with Crippen LogP contribution in [-0.2, 0) is 19.4 Å². The van der Waals surface area contributed by atoms with Gasteiger partial charge in [-0.2, -0.15) is 16.9 Å². The summed E-state index contributed by atoms with van der Waals surface area (Å²) in [7, 11) is 0. The molecule has 1 atom stereocenters. The molecule has 6 nitrogen and oxygen atoms in total. The average Bonchev–Trinajstić information content (AvgIpc) is 3.26. The van der Waals surface area contributed by atoms with Gasteiger partial charge < -0.3 is 4.90 Å². The SMILES string of the molecule is CCn1nc(C(=O)N2CCSCC2)c2c1CC[C@@H](N1CCN(C3C4CC5CC(C4)CC3C5)CC1)C2. The molecule has 1 amide bonds. The molecular weight excluding hydrogens is 454 g/mol. The van der Waals surface area contributed by atoms with Gasteiger partial charge in [0.2, 0.25) is 0 Å². The number of rotatable bonds is 4. The summed E-state index contributed by atoms with van der Waals surface area (Å²) in [4.78, 5) is 21.2. The van der Waals surface area contributed by atoms with Crippen LogP contribution in [0.4, 0.5) is 0 Å². The molecule has 4 saturated carbocycles. The summed E-state index contributed by atoms with van der Waals surface area (Å²) in [6, 6.07) is 1.46. The van der Waals surface area contributed by atoms with Crippen molar-refractivity contribution in [3.63, 3.8) is 0 Å². The molecule has 0 N–H and O–H groups in total. The molecule has 8 rings (SSSR count). The second kappa shape index (κ2) is 9.36. The lowest BCUT2D eigenvalue weighted by atomic mass is 9.54. The highest BCUT2D eigenvalue weighted by molar-refractivity contribution is 7.99. The van der Waals surface area contributed by atoms with Gasteiger partial charge in [-0.15, -0.1) is 0 Å². The number of carbonyl (C=O) groups excluding carboxylic acids is 1. The summed E-state index contributed by atoms with van der Waals surface area (Å²) in [5.41, 5.74) is 3.38. The molecule has 4 bridgehead atoms. The predicted molar refractivity (Wildman–Crippen MR) is 141 cm³/mol. The summed E-state index contributed by atoms with van der Waals surface area (Å²) < 4.78 is 2.13. The molecule has 6 fully saturated rings. The van der Waals surface area contributed by atoms with Gasteiger partial charge in [-0.3, -0.25) is 19.3 Å². The molecule has 7 heteroatoms. The van der Waals surface area contributed by atoms with Crippen molar-refractivity contribution in [2.45, 2.75) is 76.9 Å². The fourth-order valence-electron chi connectivity index (χ4n) is 9.22. The van der Waals surface area contributed by atoms with Crippen LogP contribution < -0.4 is 0 Å². The highest BCUT2D eigenvalue weighted by Crippen LogP contribution is 2.55. The number of hydrogen-bond acceptors (Lipinski definition) is 5. The lowest BCUT2D eigenvalue weighted by Crippen LogP contribution is -2.61. The van der Waals surface area contributed by atoms with Crippen LogP contribution in [0, 0.1) is 23.7 Å². The average molecular weight is 498 g/mol. The maximum Gasteiger partial charge on any atom is 0.274 e. The van der Waals surface area contributed by atoms with E-state index in [9.17, 15) is 4.79 Å². The number of aromatic nitrogens is 2. The zero-order valence-corrected chi connectivity index (χ0v) is 22.4. The zero-order valence-electron chi connectivity index (χ0n) is 21.5. The summed E-state index contributed by atoms with van der Waals surface area (Å²) >= 11 is 1.96. The van der Waals surface area contributed by atoms with E-state index < -0.39 is 0 Å². The number of carbonyl (C=O) groups is 1. The molecule has 0 unspecified atom stereocenters. The minimum Gasteiger partial charge on any atom is -0.336 e. The summed E-state index contributed by atoms with van der Waals surface area (Å²) in [5.74, 6) is 6.42.